The molecule has 2 aromatic rings. The summed E-state index contributed by atoms with van der Waals surface area (Å²) in [7, 11) is 1.61. The second-order valence-electron chi connectivity index (χ2n) is 9.00. The molecule has 6 nitrogen and oxygen atoms in total. The van der Waals surface area contributed by atoms with Gasteiger partial charge in [0.15, 0.2) is 10.9 Å². The molecule has 0 amide bonds. The summed E-state index contributed by atoms with van der Waals surface area (Å²) in [5.41, 5.74) is 2.58. The highest BCUT2D eigenvalue weighted by Crippen LogP contribution is 2.48. The summed E-state index contributed by atoms with van der Waals surface area (Å²) in [6.07, 6.45) is 3.34. The van der Waals surface area contributed by atoms with Gasteiger partial charge in [-0.2, -0.15) is 0 Å². The molecule has 2 N–H and O–H groups in total. The molecular weight excluding hydrogens is 410 g/mol. The van der Waals surface area contributed by atoms with E-state index in [-0.39, 0.29) is 16.8 Å². The third kappa shape index (κ3) is 4.28. The largest absolute Gasteiger partial charge is 0.497 e. The van der Waals surface area contributed by atoms with E-state index in [0.29, 0.717) is 34.3 Å². The second kappa shape index (κ2) is 8.54. The predicted octanol–water partition coefficient (Wildman–Crippen LogP) is 4.87. The number of hydrogen-bond donors (Lipinski definition) is 2. The Morgan fingerprint density at radius 1 is 1.26 bits per heavy atom. The fourth-order valence-corrected chi connectivity index (χ4v) is 5.38. The first-order valence-electron chi connectivity index (χ1n) is 10.8. The highest BCUT2D eigenvalue weighted by atomic mass is 32.2. The summed E-state index contributed by atoms with van der Waals surface area (Å²) in [6, 6.07) is 7.61. The van der Waals surface area contributed by atoms with Gasteiger partial charge in [-0.1, -0.05) is 51.1 Å². The Kier molecular flexibility index (Phi) is 5.97. The van der Waals surface area contributed by atoms with E-state index >= 15 is 0 Å². The molecule has 0 bridgehead atoms. The molecule has 0 spiro atoms. The maximum atomic E-state index is 13.3. The minimum Gasteiger partial charge on any atom is -0.497 e. The topological polar surface area (TPSA) is 84.1 Å². The van der Waals surface area contributed by atoms with Gasteiger partial charge in [-0.25, -0.2) is 4.98 Å². The summed E-state index contributed by atoms with van der Waals surface area (Å²) >= 11 is 1.56. The van der Waals surface area contributed by atoms with Crippen molar-refractivity contribution in [1.29, 1.82) is 0 Å². The molecule has 7 heteroatoms. The van der Waals surface area contributed by atoms with Gasteiger partial charge >= 0.3 is 0 Å². The fourth-order valence-electron chi connectivity index (χ4n) is 4.43. The number of carbonyl (C=O) groups is 1. The van der Waals surface area contributed by atoms with E-state index in [1.807, 2.05) is 24.3 Å². The van der Waals surface area contributed by atoms with Crippen LogP contribution in [0.1, 0.15) is 63.5 Å². The lowest BCUT2D eigenvalue weighted by molar-refractivity contribution is -0.118. The number of anilines is 1. The van der Waals surface area contributed by atoms with E-state index in [1.54, 1.807) is 18.9 Å². The number of thioether (sulfide) groups is 1. The average molecular weight is 440 g/mol. The molecule has 1 aromatic carbocycles. The summed E-state index contributed by atoms with van der Waals surface area (Å²) in [5, 5.41) is 3.98. The molecule has 4 rings (SSSR count). The highest BCUT2D eigenvalue weighted by molar-refractivity contribution is 7.99. The molecule has 1 aliphatic carbocycles. The van der Waals surface area contributed by atoms with Crippen molar-refractivity contribution < 1.29 is 9.53 Å². The van der Waals surface area contributed by atoms with Crippen LogP contribution in [0.5, 0.6) is 5.75 Å². The smallest absolute Gasteiger partial charge is 0.257 e. The third-order valence-electron chi connectivity index (χ3n) is 5.86. The zero-order chi connectivity index (χ0) is 22.2. The van der Waals surface area contributed by atoms with Crippen LogP contribution in [0, 0.1) is 5.41 Å². The van der Waals surface area contributed by atoms with E-state index in [0.717, 1.165) is 36.3 Å². The van der Waals surface area contributed by atoms with E-state index in [1.165, 1.54) is 0 Å². The number of allylic oxidation sites excluding steroid dienone is 2. The van der Waals surface area contributed by atoms with Crippen molar-refractivity contribution in [1.82, 2.24) is 9.97 Å². The Balaban J connectivity index is 1.87. The standard InChI is InChI=1S/C24H29N3O3S/c1-5-6-10-31-23-26-21-20(22(29)27-23)18(14-8-7-9-15(11-14)30-4)19-16(25-21)12-24(2,3)13-17(19)28/h7-9,11,18H,5-6,10,12-13H2,1-4H3,(H2,25,26,27,29). The number of hydrogen-bond acceptors (Lipinski definition) is 6. The molecule has 31 heavy (non-hydrogen) atoms. The maximum absolute atomic E-state index is 13.3. The van der Waals surface area contributed by atoms with Gasteiger partial charge in [-0.3, -0.25) is 9.59 Å². The van der Waals surface area contributed by atoms with Crippen molar-refractivity contribution in [2.24, 2.45) is 5.41 Å². The Bertz CT molecular complexity index is 1100. The van der Waals surface area contributed by atoms with Crippen LogP contribution in [0.15, 0.2) is 45.5 Å². The molecule has 0 saturated carbocycles. The number of fused-ring (bicyclic) bond motifs is 1. The monoisotopic (exact) mass is 439 g/mol. The van der Waals surface area contributed by atoms with Crippen molar-refractivity contribution in [3.05, 3.63) is 57.0 Å². The van der Waals surface area contributed by atoms with Gasteiger partial charge in [0.1, 0.15) is 11.6 Å². The quantitative estimate of drug-likeness (QED) is 0.379. The minimum atomic E-state index is -0.462. The highest BCUT2D eigenvalue weighted by Gasteiger charge is 2.42. The van der Waals surface area contributed by atoms with Gasteiger partial charge < -0.3 is 15.0 Å². The van der Waals surface area contributed by atoms with E-state index in [2.05, 4.69) is 31.1 Å². The molecule has 2 heterocycles. The van der Waals surface area contributed by atoms with Gasteiger partial charge in [-0.05, 0) is 36.0 Å². The lowest BCUT2D eigenvalue weighted by atomic mass is 9.69. The number of benzene rings is 1. The molecule has 1 unspecified atom stereocenters. The number of nitrogens with zero attached hydrogens (tertiary/aromatic N) is 1. The number of nitrogens with one attached hydrogen (secondary N) is 2. The van der Waals surface area contributed by atoms with E-state index < -0.39 is 5.92 Å². The number of Topliss-reactive ketones (excluding diaryl/α,β-unsaturated/α-hetero) is 1. The summed E-state index contributed by atoms with van der Waals surface area (Å²) in [4.78, 5) is 34.2. The number of ketones is 1. The van der Waals surface area contributed by atoms with Crippen LogP contribution in [0.4, 0.5) is 5.82 Å². The number of unbranched alkanes of at least 4 members (excludes halogenated alkanes) is 1. The number of methoxy groups -OCH3 is 1. The van der Waals surface area contributed by atoms with Crippen LogP contribution in [0.3, 0.4) is 0 Å². The predicted molar refractivity (Wildman–Crippen MR) is 124 cm³/mol. The van der Waals surface area contributed by atoms with Crippen molar-refractivity contribution >= 4 is 23.4 Å². The number of ether oxygens (including phenoxy) is 1. The lowest BCUT2D eigenvalue weighted by Gasteiger charge is -2.38. The number of aromatic nitrogens is 2. The third-order valence-corrected chi connectivity index (χ3v) is 6.82. The van der Waals surface area contributed by atoms with Crippen LogP contribution in [-0.4, -0.2) is 28.6 Å². The lowest BCUT2D eigenvalue weighted by Crippen LogP contribution is -2.37. The van der Waals surface area contributed by atoms with Crippen LogP contribution < -0.4 is 15.6 Å². The molecule has 0 radical (unpaired) electrons. The average Bonchev–Trinajstić information content (AvgIpc) is 2.71. The van der Waals surface area contributed by atoms with Crippen LogP contribution in [0.25, 0.3) is 0 Å². The van der Waals surface area contributed by atoms with Gasteiger partial charge in [-0.15, -0.1) is 0 Å². The first-order valence-corrected chi connectivity index (χ1v) is 11.8. The number of H-pyrrole nitrogens is 1. The molecule has 0 fully saturated rings. The number of carbonyl (C=O) groups excluding carboxylic acids is 1. The number of aromatic amines is 1. The Labute approximate surface area is 186 Å². The van der Waals surface area contributed by atoms with E-state index in [4.69, 9.17) is 9.72 Å². The summed E-state index contributed by atoms with van der Waals surface area (Å²) in [6.45, 7) is 6.34. The minimum absolute atomic E-state index is 0.0815. The first kappa shape index (κ1) is 21.7. The van der Waals surface area contributed by atoms with Crippen molar-refractivity contribution in [2.75, 3.05) is 18.2 Å². The number of rotatable bonds is 6. The summed E-state index contributed by atoms with van der Waals surface area (Å²) < 4.78 is 5.41. The molecule has 2 aliphatic rings. The first-order chi connectivity index (χ1) is 14.8. The second-order valence-corrected chi connectivity index (χ2v) is 10.1. The zero-order valence-corrected chi connectivity index (χ0v) is 19.3. The van der Waals surface area contributed by atoms with Crippen molar-refractivity contribution in [2.45, 2.75) is 57.5 Å². The van der Waals surface area contributed by atoms with Gasteiger partial charge in [0.05, 0.1) is 12.7 Å². The normalized spacial score (nSPS) is 19.5. The van der Waals surface area contributed by atoms with Gasteiger partial charge in [0.2, 0.25) is 0 Å². The molecular formula is C24H29N3O3S. The fraction of sp³-hybridized carbons (Fsp3) is 0.458. The molecule has 1 aliphatic heterocycles. The Hall–Kier alpha value is -2.54. The Morgan fingerprint density at radius 2 is 2.06 bits per heavy atom. The molecule has 1 atom stereocenters. The van der Waals surface area contributed by atoms with Gasteiger partial charge in [0.25, 0.3) is 5.56 Å². The Morgan fingerprint density at radius 3 is 2.81 bits per heavy atom. The molecule has 164 valence electrons. The molecule has 0 saturated heterocycles. The SMILES string of the molecule is CCCCSc1nc2c(c(=O)[nH]1)C(c1cccc(OC)c1)C1=C(CC(C)(C)CC1=O)N2. The summed E-state index contributed by atoms with van der Waals surface area (Å²) in [5.74, 6) is 1.77. The van der Waals surface area contributed by atoms with E-state index in [9.17, 15) is 9.59 Å². The van der Waals surface area contributed by atoms with Crippen molar-refractivity contribution in [3.8, 4) is 5.75 Å². The van der Waals surface area contributed by atoms with Crippen LogP contribution in [-0.2, 0) is 4.79 Å². The molecule has 1 aromatic heterocycles. The van der Waals surface area contributed by atoms with Gasteiger partial charge in [0, 0.05) is 29.4 Å². The van der Waals surface area contributed by atoms with Crippen molar-refractivity contribution in [3.63, 3.8) is 0 Å². The zero-order valence-electron chi connectivity index (χ0n) is 18.5. The van der Waals surface area contributed by atoms with Crippen LogP contribution in [0.2, 0.25) is 0 Å². The van der Waals surface area contributed by atoms with Crippen LogP contribution >= 0.6 is 11.8 Å². The maximum Gasteiger partial charge on any atom is 0.257 e.